The van der Waals surface area contributed by atoms with Gasteiger partial charge in [-0.05, 0) is 83.2 Å². The van der Waals surface area contributed by atoms with E-state index in [0.29, 0.717) is 0 Å². The molecule has 0 saturated heterocycles. The largest absolute Gasteiger partial charge is 0.307 e. The molecule has 5 aromatic heterocycles. The fourth-order valence-corrected chi connectivity index (χ4v) is 11.6. The van der Waals surface area contributed by atoms with Crippen LogP contribution in [0.1, 0.15) is 0 Å². The van der Waals surface area contributed by atoms with E-state index < -0.39 is 0 Å². The maximum Gasteiger partial charge on any atom is 0.263 e. The van der Waals surface area contributed by atoms with Crippen molar-refractivity contribution < 1.29 is 0 Å². The Bertz CT molecular complexity index is 4200. The van der Waals surface area contributed by atoms with E-state index in [2.05, 4.69) is 185 Å². The zero-order valence-electron chi connectivity index (χ0n) is 32.1. The number of rotatable bonds is 3. The van der Waals surface area contributed by atoms with Gasteiger partial charge in [-0.3, -0.25) is 9.20 Å². The molecule has 0 spiro atoms. The van der Waals surface area contributed by atoms with E-state index in [4.69, 9.17) is 0 Å². The second-order valence-electron chi connectivity index (χ2n) is 16.0. The van der Waals surface area contributed by atoms with E-state index in [0.717, 1.165) is 54.9 Å². The second kappa shape index (κ2) is 11.7. The number of benzene rings is 9. The molecule has 14 rings (SSSR count). The molecule has 0 saturated carbocycles. The number of para-hydroxylation sites is 5. The summed E-state index contributed by atoms with van der Waals surface area (Å²) < 4.78 is 9.33. The lowest BCUT2D eigenvalue weighted by molar-refractivity contribution is 1.15. The molecule has 0 amide bonds. The molecule has 278 valence electrons. The van der Waals surface area contributed by atoms with E-state index in [9.17, 15) is 4.79 Å². The lowest BCUT2D eigenvalue weighted by Crippen LogP contribution is -2.12. The highest BCUT2D eigenvalue weighted by Crippen LogP contribution is 2.45. The van der Waals surface area contributed by atoms with Crippen molar-refractivity contribution in [1.29, 1.82) is 0 Å². The predicted octanol–water partition coefficient (Wildman–Crippen LogP) is 14.4. The van der Waals surface area contributed by atoms with Gasteiger partial charge < -0.3 is 9.13 Å². The average Bonchev–Trinajstić information content (AvgIpc) is 4.05. The second-order valence-corrected chi connectivity index (χ2v) is 17.1. The van der Waals surface area contributed by atoms with Gasteiger partial charge in [0.25, 0.3) is 5.56 Å². The predicted molar refractivity (Wildman–Crippen MR) is 254 cm³/mol. The highest BCUT2D eigenvalue weighted by atomic mass is 32.1. The van der Waals surface area contributed by atoms with Crippen molar-refractivity contribution in [3.63, 3.8) is 0 Å². The van der Waals surface area contributed by atoms with E-state index in [-0.39, 0.29) is 5.56 Å². The molecule has 60 heavy (non-hydrogen) atoms. The molecular weight excluding hydrogens is 751 g/mol. The van der Waals surface area contributed by atoms with Gasteiger partial charge in [-0.2, -0.15) is 0 Å². The quantitative estimate of drug-likeness (QED) is 0.164. The SMILES string of the molecule is O=c1c2ccc(-c3cccc4sc5ccc(-n6c7ccccc7c7ccc8c9ccccc9n(-c9ccccc9)c8c76)cc5c34)cc2c2cccc3c4ccccc4n1c23. The molecule has 0 aliphatic heterocycles. The van der Waals surface area contributed by atoms with E-state index in [1.165, 1.54) is 69.3 Å². The highest BCUT2D eigenvalue weighted by molar-refractivity contribution is 7.26. The van der Waals surface area contributed by atoms with Crippen LogP contribution in [0.3, 0.4) is 0 Å². The van der Waals surface area contributed by atoms with E-state index in [1.54, 1.807) is 0 Å². The number of hydrogen-bond donors (Lipinski definition) is 0. The van der Waals surface area contributed by atoms with Crippen LogP contribution in [0.15, 0.2) is 193 Å². The van der Waals surface area contributed by atoms with Gasteiger partial charge in [0.15, 0.2) is 0 Å². The third-order valence-corrected chi connectivity index (χ3v) is 14.1. The first-order valence-corrected chi connectivity index (χ1v) is 21.2. The number of hydrogen-bond acceptors (Lipinski definition) is 2. The molecule has 9 aromatic carbocycles. The van der Waals surface area contributed by atoms with Gasteiger partial charge >= 0.3 is 0 Å². The zero-order valence-corrected chi connectivity index (χ0v) is 32.9. The Balaban J connectivity index is 1.06. The van der Waals surface area contributed by atoms with Crippen molar-refractivity contribution in [3.8, 4) is 22.5 Å². The number of thiophene rings is 1. The molecule has 14 aromatic rings. The molecule has 5 heteroatoms. The molecule has 0 atom stereocenters. The van der Waals surface area contributed by atoms with Crippen LogP contribution in [-0.4, -0.2) is 13.5 Å². The monoisotopic (exact) mass is 781 g/mol. The Labute approximate surface area is 345 Å². The minimum atomic E-state index is 0.0249. The molecule has 5 heterocycles. The Morgan fingerprint density at radius 1 is 0.350 bits per heavy atom. The molecule has 0 aliphatic rings. The fourth-order valence-electron chi connectivity index (χ4n) is 10.5. The van der Waals surface area contributed by atoms with Gasteiger partial charge in [-0.15, -0.1) is 11.3 Å². The van der Waals surface area contributed by atoms with Gasteiger partial charge in [0.1, 0.15) is 0 Å². The van der Waals surface area contributed by atoms with Crippen molar-refractivity contribution in [3.05, 3.63) is 198 Å². The smallest absolute Gasteiger partial charge is 0.263 e. The van der Waals surface area contributed by atoms with Crippen molar-refractivity contribution >= 4 is 113 Å². The molecule has 0 fully saturated rings. The number of aromatic nitrogens is 3. The Morgan fingerprint density at radius 2 is 0.917 bits per heavy atom. The minimum absolute atomic E-state index is 0.0249. The standard InChI is InChI=1S/C55H31N3OS/c59-55-43-26-24-32(30-44(43)40-19-10-18-39-36-14-6-9-22-48(36)58(55)52(39)40)35-17-11-23-50-51(35)45-31-34(25-29-49(45)60-50)57-47-21-8-5-16-38(47)42-28-27-41-37-15-4-7-20-46(37)56(53(41)54(42)57)33-12-2-1-3-13-33/h1-31H. The third kappa shape index (κ3) is 4.11. The number of fused-ring (bicyclic) bond motifs is 15. The van der Waals surface area contributed by atoms with Gasteiger partial charge in [0, 0.05) is 74.6 Å². The van der Waals surface area contributed by atoms with Crippen LogP contribution in [0.5, 0.6) is 0 Å². The molecule has 0 unspecified atom stereocenters. The summed E-state index contributed by atoms with van der Waals surface area (Å²) >= 11 is 1.84. The normalized spacial score (nSPS) is 12.4. The van der Waals surface area contributed by atoms with Crippen LogP contribution < -0.4 is 5.56 Å². The highest BCUT2D eigenvalue weighted by Gasteiger charge is 2.23. The molecule has 0 bridgehead atoms. The summed E-state index contributed by atoms with van der Waals surface area (Å²) in [5.74, 6) is 0. The molecule has 0 radical (unpaired) electrons. The lowest BCUT2D eigenvalue weighted by Gasteiger charge is -2.13. The van der Waals surface area contributed by atoms with Crippen molar-refractivity contribution in [2.24, 2.45) is 0 Å². The summed E-state index contributed by atoms with van der Waals surface area (Å²) in [5, 5.41) is 12.4. The Kier molecular flexibility index (Phi) is 6.28. The van der Waals surface area contributed by atoms with E-state index >= 15 is 0 Å². The van der Waals surface area contributed by atoms with Crippen LogP contribution in [-0.2, 0) is 0 Å². The van der Waals surface area contributed by atoms with Gasteiger partial charge in [-0.25, -0.2) is 0 Å². The van der Waals surface area contributed by atoms with Gasteiger partial charge in [0.2, 0.25) is 0 Å². The van der Waals surface area contributed by atoms with E-state index in [1.807, 2.05) is 27.9 Å². The zero-order chi connectivity index (χ0) is 39.2. The summed E-state index contributed by atoms with van der Waals surface area (Å²) in [6.07, 6.45) is 0. The number of nitrogens with zero attached hydrogens (tertiary/aromatic N) is 3. The summed E-state index contributed by atoms with van der Waals surface area (Å²) in [6, 6.07) is 67.7. The first-order valence-electron chi connectivity index (χ1n) is 20.4. The van der Waals surface area contributed by atoms with Crippen molar-refractivity contribution in [2.45, 2.75) is 0 Å². The minimum Gasteiger partial charge on any atom is -0.307 e. The third-order valence-electron chi connectivity index (χ3n) is 13.0. The molecular formula is C55H31N3OS. The van der Waals surface area contributed by atoms with Crippen LogP contribution in [0, 0.1) is 0 Å². The van der Waals surface area contributed by atoms with Crippen LogP contribution in [0.4, 0.5) is 0 Å². The Morgan fingerprint density at radius 3 is 1.65 bits per heavy atom. The maximum atomic E-state index is 14.3. The molecule has 0 N–H and O–H groups in total. The van der Waals surface area contributed by atoms with Crippen LogP contribution >= 0.6 is 11.3 Å². The fraction of sp³-hybridized carbons (Fsp3) is 0. The molecule has 0 aliphatic carbocycles. The van der Waals surface area contributed by atoms with Gasteiger partial charge in [0.05, 0.1) is 33.1 Å². The first-order chi connectivity index (χ1) is 29.7. The lowest BCUT2D eigenvalue weighted by atomic mass is 9.96. The van der Waals surface area contributed by atoms with Crippen LogP contribution in [0.2, 0.25) is 0 Å². The number of pyridine rings is 1. The van der Waals surface area contributed by atoms with Crippen LogP contribution in [0.25, 0.3) is 124 Å². The summed E-state index contributed by atoms with van der Waals surface area (Å²) in [7, 11) is 0. The van der Waals surface area contributed by atoms with Crippen molar-refractivity contribution in [2.75, 3.05) is 0 Å². The summed E-state index contributed by atoms with van der Waals surface area (Å²) in [5.41, 5.74) is 11.3. The maximum absolute atomic E-state index is 14.3. The molecule has 4 nitrogen and oxygen atoms in total. The van der Waals surface area contributed by atoms with Gasteiger partial charge in [-0.1, -0.05) is 121 Å². The topological polar surface area (TPSA) is 31.3 Å². The van der Waals surface area contributed by atoms with Crippen molar-refractivity contribution in [1.82, 2.24) is 13.5 Å². The Hall–Kier alpha value is -7.73. The summed E-state index contributed by atoms with van der Waals surface area (Å²) in [4.78, 5) is 14.3. The average molecular weight is 782 g/mol. The summed E-state index contributed by atoms with van der Waals surface area (Å²) in [6.45, 7) is 0. The first kappa shape index (κ1) is 32.3.